The van der Waals surface area contributed by atoms with Crippen molar-refractivity contribution < 1.29 is 33.3 Å². The second-order valence-electron chi connectivity index (χ2n) is 12.1. The second-order valence-corrected chi connectivity index (χ2v) is 12.1. The molecule has 4 aliphatic carbocycles. The van der Waals surface area contributed by atoms with Gasteiger partial charge in [0, 0.05) is 18.8 Å². The number of carbonyl (C=O) groups is 3. The summed E-state index contributed by atoms with van der Waals surface area (Å²) in [5, 5.41) is 0. The van der Waals surface area contributed by atoms with Gasteiger partial charge in [0.15, 0.2) is 0 Å². The molecule has 9 atom stereocenters. The fraction of sp³-hybridized carbons (Fsp3) is 0.889. The largest absolute Gasteiger partial charge is 0.508 e. The van der Waals surface area contributed by atoms with Crippen molar-refractivity contribution >= 4 is 17.9 Å². The first kappa shape index (κ1) is 24.1. The minimum atomic E-state index is -0.604. The number of hydrogen-bond donors (Lipinski definition) is 0. The van der Waals surface area contributed by atoms with Crippen LogP contribution in [0.4, 0.5) is 4.79 Å². The van der Waals surface area contributed by atoms with E-state index >= 15 is 0 Å². The smallest absolute Gasteiger partial charge is 0.469 e. The summed E-state index contributed by atoms with van der Waals surface area (Å²) in [6, 6.07) is 0. The molecule has 34 heavy (non-hydrogen) atoms. The van der Waals surface area contributed by atoms with Crippen LogP contribution >= 0.6 is 0 Å². The molecule has 0 aromatic rings. The van der Waals surface area contributed by atoms with E-state index in [1.54, 1.807) is 0 Å². The SMILES string of the molecule is COC(=O)CCC(C)C1CCC23OC24CCC2C[C@@H](OC(=O)OC)CC[C@]2(C)C4CC(=O)[C@]13C. The number of carbonyl (C=O) groups excluding carboxylic acids is 3. The van der Waals surface area contributed by atoms with Crippen molar-refractivity contribution in [3.05, 3.63) is 0 Å². The van der Waals surface area contributed by atoms with Gasteiger partial charge in [0.1, 0.15) is 23.1 Å². The molecule has 0 N–H and O–H groups in total. The number of rotatable bonds is 5. The van der Waals surface area contributed by atoms with Gasteiger partial charge in [-0.2, -0.15) is 0 Å². The second kappa shape index (κ2) is 7.94. The number of methoxy groups -OCH3 is 2. The van der Waals surface area contributed by atoms with E-state index in [1.807, 2.05) is 0 Å². The Hall–Kier alpha value is -1.63. The summed E-state index contributed by atoms with van der Waals surface area (Å²) in [4.78, 5) is 37.4. The molecule has 5 aliphatic rings. The van der Waals surface area contributed by atoms with Gasteiger partial charge in [-0.05, 0) is 81.5 Å². The van der Waals surface area contributed by atoms with E-state index in [9.17, 15) is 14.4 Å². The molecule has 2 spiro atoms. The highest BCUT2D eigenvalue weighted by atomic mass is 16.7. The molecule has 5 fully saturated rings. The van der Waals surface area contributed by atoms with Gasteiger partial charge in [-0.3, -0.25) is 9.59 Å². The minimum absolute atomic E-state index is 0.0172. The number of ether oxygens (including phenoxy) is 4. The topological polar surface area (TPSA) is 91.4 Å². The van der Waals surface area contributed by atoms with Gasteiger partial charge in [-0.15, -0.1) is 0 Å². The van der Waals surface area contributed by atoms with Crippen molar-refractivity contribution in [2.45, 2.75) is 102 Å². The predicted molar refractivity (Wildman–Crippen MR) is 123 cm³/mol. The Morgan fingerprint density at radius 2 is 1.85 bits per heavy atom. The van der Waals surface area contributed by atoms with Gasteiger partial charge in [0.05, 0.1) is 19.6 Å². The van der Waals surface area contributed by atoms with Crippen LogP contribution in [0.15, 0.2) is 0 Å². The highest BCUT2D eigenvalue weighted by Gasteiger charge is 2.88. The van der Waals surface area contributed by atoms with Crippen molar-refractivity contribution in [1.29, 1.82) is 0 Å². The summed E-state index contributed by atoms with van der Waals surface area (Å²) < 4.78 is 21.9. The van der Waals surface area contributed by atoms with Gasteiger partial charge in [-0.25, -0.2) is 4.79 Å². The Morgan fingerprint density at radius 3 is 2.56 bits per heavy atom. The van der Waals surface area contributed by atoms with E-state index < -0.39 is 11.6 Å². The van der Waals surface area contributed by atoms with E-state index in [4.69, 9.17) is 18.9 Å². The van der Waals surface area contributed by atoms with Crippen LogP contribution in [0.1, 0.15) is 85.0 Å². The summed E-state index contributed by atoms with van der Waals surface area (Å²) >= 11 is 0. The van der Waals surface area contributed by atoms with Crippen LogP contribution in [0, 0.1) is 34.5 Å². The maximum absolute atomic E-state index is 14.0. The molecule has 0 aromatic carbocycles. The lowest BCUT2D eigenvalue weighted by atomic mass is 9.44. The maximum atomic E-state index is 14.0. The quantitative estimate of drug-likeness (QED) is 0.414. The maximum Gasteiger partial charge on any atom is 0.508 e. The first-order valence-corrected chi connectivity index (χ1v) is 13.1. The van der Waals surface area contributed by atoms with E-state index in [0.717, 1.165) is 51.4 Å². The minimum Gasteiger partial charge on any atom is -0.469 e. The molecule has 0 bridgehead atoms. The van der Waals surface area contributed by atoms with Crippen molar-refractivity contribution in [2.24, 2.45) is 34.5 Å². The first-order chi connectivity index (χ1) is 16.1. The lowest BCUT2D eigenvalue weighted by Crippen LogP contribution is -2.62. The molecule has 5 rings (SSSR count). The third kappa shape index (κ3) is 3.00. The average Bonchev–Trinajstić information content (AvgIpc) is 3.38. The third-order valence-corrected chi connectivity index (χ3v) is 11.2. The summed E-state index contributed by atoms with van der Waals surface area (Å²) in [7, 11) is 2.77. The number of esters is 1. The van der Waals surface area contributed by atoms with Gasteiger partial charge in [0.2, 0.25) is 0 Å². The van der Waals surface area contributed by atoms with Crippen LogP contribution in [0.3, 0.4) is 0 Å². The lowest BCUT2D eigenvalue weighted by molar-refractivity contribution is -0.147. The van der Waals surface area contributed by atoms with Crippen molar-refractivity contribution in [1.82, 2.24) is 0 Å². The summed E-state index contributed by atoms with van der Waals surface area (Å²) in [6.45, 7) is 6.71. The summed E-state index contributed by atoms with van der Waals surface area (Å²) in [5.74, 6) is 1.32. The zero-order valence-corrected chi connectivity index (χ0v) is 21.3. The molecule has 0 aromatic heterocycles. The van der Waals surface area contributed by atoms with Gasteiger partial charge < -0.3 is 18.9 Å². The van der Waals surface area contributed by atoms with Crippen LogP contribution in [-0.2, 0) is 28.5 Å². The fourth-order valence-corrected chi connectivity index (χ4v) is 9.31. The zero-order valence-electron chi connectivity index (χ0n) is 21.3. The number of Topliss-reactive ketones (excluding diaryl/α,β-unsaturated/α-hetero) is 1. The van der Waals surface area contributed by atoms with Crippen molar-refractivity contribution in [3.63, 3.8) is 0 Å². The van der Waals surface area contributed by atoms with Crippen LogP contribution in [0.5, 0.6) is 0 Å². The van der Waals surface area contributed by atoms with Gasteiger partial charge in [-0.1, -0.05) is 13.8 Å². The molecular weight excluding hydrogens is 436 g/mol. The van der Waals surface area contributed by atoms with E-state index in [-0.39, 0.29) is 46.4 Å². The van der Waals surface area contributed by atoms with Crippen LogP contribution in [0.25, 0.3) is 0 Å². The van der Waals surface area contributed by atoms with Gasteiger partial charge in [0.25, 0.3) is 0 Å². The lowest BCUT2D eigenvalue weighted by Gasteiger charge is -2.57. The van der Waals surface area contributed by atoms with E-state index in [1.165, 1.54) is 14.2 Å². The normalized spacial score (nSPS) is 47.4. The molecule has 1 saturated heterocycles. The number of fused-ring (bicyclic) bond motifs is 2. The summed E-state index contributed by atoms with van der Waals surface area (Å²) in [5.41, 5.74) is -1.01. The average molecular weight is 477 g/mol. The monoisotopic (exact) mass is 476 g/mol. The molecule has 0 radical (unpaired) electrons. The zero-order chi connectivity index (χ0) is 24.5. The highest BCUT2D eigenvalue weighted by Crippen LogP contribution is 2.80. The number of ketones is 1. The van der Waals surface area contributed by atoms with Crippen molar-refractivity contribution in [2.75, 3.05) is 14.2 Å². The highest BCUT2D eigenvalue weighted by molar-refractivity contribution is 5.90. The van der Waals surface area contributed by atoms with E-state index in [0.29, 0.717) is 24.5 Å². The molecule has 7 heteroatoms. The summed E-state index contributed by atoms with van der Waals surface area (Å²) in [6.07, 6.45) is 7.53. The standard InChI is InChI=1S/C27H40O7/c1-16(6-7-22(29)31-4)19-10-13-27-25(19,3)21(28)15-20-24(2)11-9-18(33-23(30)32-5)14-17(24)8-12-26(20,27)34-27/h16-20H,6-15H2,1-5H3/t16?,17?,18-,19?,20?,24-,25-,26?,27?/m0/s1. The number of epoxide rings is 1. The molecule has 1 aliphatic heterocycles. The Kier molecular flexibility index (Phi) is 5.62. The van der Waals surface area contributed by atoms with Gasteiger partial charge >= 0.3 is 12.1 Å². The predicted octanol–water partition coefficient (Wildman–Crippen LogP) is 4.84. The molecule has 7 nitrogen and oxygen atoms in total. The van der Waals surface area contributed by atoms with Crippen LogP contribution in [-0.4, -0.2) is 49.4 Å². The third-order valence-electron chi connectivity index (χ3n) is 11.2. The van der Waals surface area contributed by atoms with Crippen molar-refractivity contribution in [3.8, 4) is 0 Å². The van der Waals surface area contributed by atoms with Crippen LogP contribution < -0.4 is 0 Å². The molecule has 6 unspecified atom stereocenters. The Labute approximate surface area is 202 Å². The fourth-order valence-electron chi connectivity index (χ4n) is 9.31. The Morgan fingerprint density at radius 1 is 1.09 bits per heavy atom. The first-order valence-electron chi connectivity index (χ1n) is 13.1. The molecule has 190 valence electrons. The molecule has 1 heterocycles. The molecule has 4 saturated carbocycles. The Balaban J connectivity index is 1.37. The number of hydrogen-bond acceptors (Lipinski definition) is 7. The molecule has 0 amide bonds. The van der Waals surface area contributed by atoms with Crippen LogP contribution in [0.2, 0.25) is 0 Å². The Bertz CT molecular complexity index is 886. The van der Waals surface area contributed by atoms with E-state index in [2.05, 4.69) is 20.8 Å². The molecular formula is C27H40O7.